The van der Waals surface area contributed by atoms with Crippen molar-refractivity contribution < 1.29 is 19.4 Å². The molecule has 3 aromatic rings. The molecule has 1 aromatic heterocycles. The number of carboxylic acid groups (broad SMARTS) is 1. The van der Waals surface area contributed by atoms with E-state index < -0.39 is 12.1 Å². The highest BCUT2D eigenvalue weighted by molar-refractivity contribution is 6.33. The van der Waals surface area contributed by atoms with Crippen LogP contribution in [0.4, 0.5) is 0 Å². The summed E-state index contributed by atoms with van der Waals surface area (Å²) >= 11 is 6.33. The van der Waals surface area contributed by atoms with Crippen molar-refractivity contribution in [3.63, 3.8) is 0 Å². The van der Waals surface area contributed by atoms with Crippen molar-refractivity contribution in [3.05, 3.63) is 83.1 Å². The monoisotopic (exact) mass is 411 g/mol. The van der Waals surface area contributed by atoms with Gasteiger partial charge >= 0.3 is 5.97 Å². The van der Waals surface area contributed by atoms with Gasteiger partial charge in [0.1, 0.15) is 12.4 Å². The summed E-state index contributed by atoms with van der Waals surface area (Å²) in [6.07, 6.45) is 2.96. The topological polar surface area (TPSA) is 68.7 Å². The summed E-state index contributed by atoms with van der Waals surface area (Å²) in [5.41, 5.74) is 3.65. The maximum Gasteiger partial charge on any atom is 0.306 e. The minimum atomic E-state index is -0.893. The molecule has 6 heteroatoms. The van der Waals surface area contributed by atoms with Gasteiger partial charge in [-0.05, 0) is 48.4 Å². The van der Waals surface area contributed by atoms with E-state index in [0.29, 0.717) is 24.0 Å². The Morgan fingerprint density at radius 1 is 1.17 bits per heavy atom. The molecule has 0 amide bonds. The molecule has 0 aliphatic carbocycles. The van der Waals surface area contributed by atoms with Crippen LogP contribution in [-0.2, 0) is 16.1 Å². The van der Waals surface area contributed by atoms with Gasteiger partial charge in [-0.25, -0.2) is 0 Å². The number of aromatic nitrogens is 1. The van der Waals surface area contributed by atoms with Crippen LogP contribution >= 0.6 is 11.6 Å². The molecule has 150 valence electrons. The van der Waals surface area contributed by atoms with E-state index in [1.54, 1.807) is 12.4 Å². The first-order valence-electron chi connectivity index (χ1n) is 9.31. The van der Waals surface area contributed by atoms with Crippen LogP contribution in [0.3, 0.4) is 0 Å². The smallest absolute Gasteiger partial charge is 0.306 e. The lowest BCUT2D eigenvalue weighted by Crippen LogP contribution is -2.10. The van der Waals surface area contributed by atoms with Crippen molar-refractivity contribution in [3.8, 4) is 16.9 Å². The van der Waals surface area contributed by atoms with Crippen LogP contribution in [0.1, 0.15) is 30.6 Å². The van der Waals surface area contributed by atoms with E-state index in [-0.39, 0.29) is 6.42 Å². The molecule has 1 heterocycles. The van der Waals surface area contributed by atoms with Crippen LogP contribution < -0.4 is 4.74 Å². The Bertz CT molecular complexity index is 945. The molecule has 5 nitrogen and oxygen atoms in total. The average Bonchev–Trinajstić information content (AvgIpc) is 2.73. The molecule has 0 saturated carbocycles. The van der Waals surface area contributed by atoms with Crippen LogP contribution in [0.2, 0.25) is 5.02 Å². The summed E-state index contributed by atoms with van der Waals surface area (Å²) < 4.78 is 11.4. The number of rotatable bonds is 9. The lowest BCUT2D eigenvalue weighted by molar-refractivity contribution is -0.140. The first-order valence-corrected chi connectivity index (χ1v) is 9.69. The fraction of sp³-hybridized carbons (Fsp3) is 0.217. The Kier molecular flexibility index (Phi) is 7.22. The fourth-order valence-corrected chi connectivity index (χ4v) is 3.21. The van der Waals surface area contributed by atoms with Gasteiger partial charge in [0.25, 0.3) is 0 Å². The number of aliphatic carboxylic acids is 1. The van der Waals surface area contributed by atoms with Gasteiger partial charge in [0.05, 0.1) is 12.5 Å². The second-order valence-corrected chi connectivity index (χ2v) is 6.86. The molecule has 0 bridgehead atoms. The van der Waals surface area contributed by atoms with E-state index in [1.807, 2.05) is 61.5 Å². The molecule has 0 fully saturated rings. The van der Waals surface area contributed by atoms with Crippen LogP contribution in [0.25, 0.3) is 11.1 Å². The number of carboxylic acids is 1. The van der Waals surface area contributed by atoms with Gasteiger partial charge in [-0.15, -0.1) is 0 Å². The molecule has 0 aliphatic heterocycles. The number of carbonyl (C=O) groups is 1. The fourth-order valence-electron chi connectivity index (χ4n) is 2.98. The largest absolute Gasteiger partial charge is 0.489 e. The van der Waals surface area contributed by atoms with Gasteiger partial charge in [0, 0.05) is 35.2 Å². The van der Waals surface area contributed by atoms with E-state index >= 15 is 0 Å². The first-order chi connectivity index (χ1) is 14.1. The van der Waals surface area contributed by atoms with Crippen molar-refractivity contribution in [1.29, 1.82) is 0 Å². The third kappa shape index (κ3) is 5.79. The maximum absolute atomic E-state index is 11.0. The maximum atomic E-state index is 11.0. The van der Waals surface area contributed by atoms with Crippen LogP contribution in [0.15, 0.2) is 67.0 Å². The van der Waals surface area contributed by atoms with Gasteiger partial charge in [-0.1, -0.05) is 35.9 Å². The lowest BCUT2D eigenvalue weighted by Gasteiger charge is -2.16. The molecule has 1 N–H and O–H groups in total. The molecule has 0 aliphatic rings. The number of hydrogen-bond donors (Lipinski definition) is 1. The van der Waals surface area contributed by atoms with E-state index in [2.05, 4.69) is 4.98 Å². The molecule has 29 heavy (non-hydrogen) atoms. The van der Waals surface area contributed by atoms with Crippen molar-refractivity contribution in [2.24, 2.45) is 0 Å². The number of nitrogens with zero attached hydrogens (tertiary/aromatic N) is 1. The summed E-state index contributed by atoms with van der Waals surface area (Å²) in [7, 11) is 0. The molecule has 0 unspecified atom stereocenters. The third-order valence-corrected chi connectivity index (χ3v) is 4.72. The Morgan fingerprint density at radius 2 is 1.97 bits per heavy atom. The molecular formula is C23H22ClNO4. The summed E-state index contributed by atoms with van der Waals surface area (Å²) in [5.74, 6) is -0.201. The molecule has 3 rings (SSSR count). The molecule has 2 aromatic carbocycles. The number of benzene rings is 2. The zero-order chi connectivity index (χ0) is 20.6. The SMILES string of the molecule is CCO[C@@H](CC(=O)O)c1ccc(OCc2ccc(Cl)c(-c3cccnc3)c2)cc1. The minimum Gasteiger partial charge on any atom is -0.489 e. The Morgan fingerprint density at radius 3 is 2.62 bits per heavy atom. The molecule has 1 atom stereocenters. The molecular weight excluding hydrogens is 390 g/mol. The predicted octanol–water partition coefficient (Wildman–Crippen LogP) is 5.53. The van der Waals surface area contributed by atoms with Crippen LogP contribution in [0, 0.1) is 0 Å². The Hall–Kier alpha value is -2.89. The summed E-state index contributed by atoms with van der Waals surface area (Å²) in [6.45, 7) is 2.68. The van der Waals surface area contributed by atoms with Gasteiger partial charge in [-0.2, -0.15) is 0 Å². The highest BCUT2D eigenvalue weighted by Crippen LogP contribution is 2.29. The van der Waals surface area contributed by atoms with E-state index in [0.717, 1.165) is 22.3 Å². The second kappa shape index (κ2) is 10.0. The normalized spacial score (nSPS) is 11.8. The van der Waals surface area contributed by atoms with Crippen molar-refractivity contribution in [2.75, 3.05) is 6.61 Å². The average molecular weight is 412 g/mol. The summed E-state index contributed by atoms with van der Waals surface area (Å²) in [4.78, 5) is 15.2. The quantitative estimate of drug-likeness (QED) is 0.501. The van der Waals surface area contributed by atoms with Gasteiger partial charge in [-0.3, -0.25) is 9.78 Å². The lowest BCUT2D eigenvalue weighted by atomic mass is 10.0. The van der Waals surface area contributed by atoms with E-state index in [4.69, 9.17) is 26.2 Å². The van der Waals surface area contributed by atoms with Gasteiger partial charge in [0.2, 0.25) is 0 Å². The standard InChI is InChI=1S/C23H22ClNO4/c1-2-28-22(13-23(26)27)17-6-8-19(9-7-17)29-15-16-5-10-21(24)20(12-16)18-4-3-11-25-14-18/h3-12,14,22H,2,13,15H2,1H3,(H,26,27)/t22-/m0/s1. The number of hydrogen-bond acceptors (Lipinski definition) is 4. The molecule has 0 saturated heterocycles. The first kappa shape index (κ1) is 20.8. The van der Waals surface area contributed by atoms with Crippen LogP contribution in [-0.4, -0.2) is 22.7 Å². The Balaban J connectivity index is 1.68. The third-order valence-electron chi connectivity index (χ3n) is 4.39. The second-order valence-electron chi connectivity index (χ2n) is 6.46. The van der Waals surface area contributed by atoms with Gasteiger partial charge in [0.15, 0.2) is 0 Å². The zero-order valence-corrected chi connectivity index (χ0v) is 16.8. The highest BCUT2D eigenvalue weighted by atomic mass is 35.5. The van der Waals surface area contributed by atoms with E-state index in [9.17, 15) is 4.79 Å². The Labute approximate surface area is 174 Å². The van der Waals surface area contributed by atoms with Crippen molar-refractivity contribution in [2.45, 2.75) is 26.1 Å². The summed E-state index contributed by atoms with van der Waals surface area (Å²) in [5, 5.41) is 9.70. The van der Waals surface area contributed by atoms with Crippen molar-refractivity contribution >= 4 is 17.6 Å². The van der Waals surface area contributed by atoms with Gasteiger partial charge < -0.3 is 14.6 Å². The minimum absolute atomic E-state index is 0.0735. The number of halogens is 1. The highest BCUT2D eigenvalue weighted by Gasteiger charge is 2.15. The predicted molar refractivity (Wildman–Crippen MR) is 112 cm³/mol. The summed E-state index contributed by atoms with van der Waals surface area (Å²) in [6, 6.07) is 16.9. The van der Waals surface area contributed by atoms with Crippen molar-refractivity contribution in [1.82, 2.24) is 4.98 Å². The molecule has 0 spiro atoms. The van der Waals surface area contributed by atoms with Crippen LogP contribution in [0.5, 0.6) is 5.75 Å². The van der Waals surface area contributed by atoms with E-state index in [1.165, 1.54) is 0 Å². The molecule has 0 radical (unpaired) electrons. The number of pyridine rings is 1. The zero-order valence-electron chi connectivity index (χ0n) is 16.0. The number of ether oxygens (including phenoxy) is 2.